The van der Waals surface area contributed by atoms with Crippen LogP contribution in [0.25, 0.3) is 0 Å². The van der Waals surface area contributed by atoms with Crippen molar-refractivity contribution in [1.82, 2.24) is 10.6 Å². The van der Waals surface area contributed by atoms with Gasteiger partial charge in [-0.05, 0) is 13.8 Å². The summed E-state index contributed by atoms with van der Waals surface area (Å²) in [6.45, 7) is 4.04. The fraction of sp³-hybridized carbons (Fsp3) is 0.857. The van der Waals surface area contributed by atoms with Crippen LogP contribution in [0, 0.1) is 0 Å². The maximum atomic E-state index is 10.6. The largest absolute Gasteiger partial charge is 0.389 e. The first-order valence-corrected chi connectivity index (χ1v) is 3.59. The number of hydrogen-bond acceptors (Lipinski definition) is 3. The summed E-state index contributed by atoms with van der Waals surface area (Å²) in [7, 11) is 1.58. The molecule has 0 rings (SSSR count). The quantitative estimate of drug-likeness (QED) is 0.499. The second kappa shape index (κ2) is 4.31. The van der Waals surface area contributed by atoms with E-state index in [4.69, 9.17) is 0 Å². The topological polar surface area (TPSA) is 61.4 Å². The summed E-state index contributed by atoms with van der Waals surface area (Å²) < 4.78 is 0. The molecule has 0 radical (unpaired) electrons. The van der Waals surface area contributed by atoms with Gasteiger partial charge in [-0.15, -0.1) is 0 Å². The van der Waals surface area contributed by atoms with Crippen molar-refractivity contribution >= 4 is 5.91 Å². The van der Waals surface area contributed by atoms with Crippen molar-refractivity contribution in [3.63, 3.8) is 0 Å². The molecule has 0 aliphatic rings. The summed E-state index contributed by atoms with van der Waals surface area (Å²) in [4.78, 5) is 10.6. The molecule has 0 aromatic carbocycles. The van der Waals surface area contributed by atoms with Gasteiger partial charge in [-0.3, -0.25) is 4.79 Å². The van der Waals surface area contributed by atoms with Crippen LogP contribution in [0.15, 0.2) is 0 Å². The first-order valence-electron chi connectivity index (χ1n) is 3.59. The average molecular weight is 160 g/mol. The standard InChI is InChI=1S/C7H16N2O2/c1-7(2,11)5-9-4-6(10)8-3/h9,11H,4-5H2,1-3H3,(H,8,10). The van der Waals surface area contributed by atoms with Crippen LogP contribution < -0.4 is 10.6 Å². The molecule has 0 unspecified atom stereocenters. The number of hydrogen-bond donors (Lipinski definition) is 3. The summed E-state index contributed by atoms with van der Waals surface area (Å²) in [5, 5.41) is 14.5. The van der Waals surface area contributed by atoms with Crippen molar-refractivity contribution in [3.05, 3.63) is 0 Å². The van der Waals surface area contributed by atoms with Gasteiger partial charge in [0, 0.05) is 13.6 Å². The highest BCUT2D eigenvalue weighted by atomic mass is 16.3. The van der Waals surface area contributed by atoms with Crippen LogP contribution in [0.5, 0.6) is 0 Å². The van der Waals surface area contributed by atoms with E-state index in [-0.39, 0.29) is 12.5 Å². The minimum atomic E-state index is -0.756. The van der Waals surface area contributed by atoms with Crippen molar-refractivity contribution in [1.29, 1.82) is 0 Å². The van der Waals surface area contributed by atoms with Gasteiger partial charge in [0.1, 0.15) is 0 Å². The lowest BCUT2D eigenvalue weighted by molar-refractivity contribution is -0.119. The molecule has 0 aromatic heterocycles. The number of likely N-dealkylation sites (N-methyl/N-ethyl adjacent to an activating group) is 1. The summed E-state index contributed by atoms with van der Waals surface area (Å²) in [6, 6.07) is 0. The van der Waals surface area contributed by atoms with E-state index in [0.29, 0.717) is 6.54 Å². The average Bonchev–Trinajstić information content (AvgIpc) is 1.85. The van der Waals surface area contributed by atoms with Gasteiger partial charge in [0.2, 0.25) is 5.91 Å². The predicted molar refractivity (Wildman–Crippen MR) is 43.2 cm³/mol. The molecule has 0 heterocycles. The zero-order valence-electron chi connectivity index (χ0n) is 7.27. The maximum absolute atomic E-state index is 10.6. The highest BCUT2D eigenvalue weighted by molar-refractivity contribution is 5.77. The lowest BCUT2D eigenvalue weighted by atomic mass is 10.1. The Balaban J connectivity index is 3.35. The smallest absolute Gasteiger partial charge is 0.233 e. The van der Waals surface area contributed by atoms with Crippen molar-refractivity contribution in [3.8, 4) is 0 Å². The zero-order chi connectivity index (χ0) is 8.91. The van der Waals surface area contributed by atoms with Gasteiger partial charge in [-0.25, -0.2) is 0 Å². The summed E-state index contributed by atoms with van der Waals surface area (Å²) in [6.07, 6.45) is 0. The van der Waals surface area contributed by atoms with Crippen LogP contribution in [0.4, 0.5) is 0 Å². The molecule has 0 saturated carbocycles. The van der Waals surface area contributed by atoms with Crippen LogP contribution in [-0.2, 0) is 4.79 Å². The van der Waals surface area contributed by atoms with Crippen LogP contribution in [0.3, 0.4) is 0 Å². The third-order valence-electron chi connectivity index (χ3n) is 1.12. The molecule has 11 heavy (non-hydrogen) atoms. The summed E-state index contributed by atoms with van der Waals surface area (Å²) in [5.74, 6) is -0.0748. The van der Waals surface area contributed by atoms with E-state index in [2.05, 4.69) is 10.6 Å². The van der Waals surface area contributed by atoms with Gasteiger partial charge in [-0.1, -0.05) is 0 Å². The highest BCUT2D eigenvalue weighted by Crippen LogP contribution is 1.96. The van der Waals surface area contributed by atoms with Crippen LogP contribution >= 0.6 is 0 Å². The molecule has 0 aliphatic carbocycles. The molecule has 0 spiro atoms. The molecule has 4 nitrogen and oxygen atoms in total. The number of carbonyl (C=O) groups excluding carboxylic acids is 1. The molecule has 4 heteroatoms. The van der Waals surface area contributed by atoms with E-state index >= 15 is 0 Å². The monoisotopic (exact) mass is 160 g/mol. The maximum Gasteiger partial charge on any atom is 0.233 e. The highest BCUT2D eigenvalue weighted by Gasteiger charge is 2.11. The zero-order valence-corrected chi connectivity index (χ0v) is 7.27. The van der Waals surface area contributed by atoms with Crippen molar-refractivity contribution in [2.45, 2.75) is 19.4 Å². The lowest BCUT2D eigenvalue weighted by Gasteiger charge is -2.16. The molecule has 0 fully saturated rings. The minimum absolute atomic E-state index is 0.0748. The second-order valence-corrected chi connectivity index (χ2v) is 3.09. The fourth-order valence-corrected chi connectivity index (χ4v) is 0.570. The van der Waals surface area contributed by atoms with Crippen LogP contribution in [0.2, 0.25) is 0 Å². The van der Waals surface area contributed by atoms with Gasteiger partial charge in [0.25, 0.3) is 0 Å². The van der Waals surface area contributed by atoms with E-state index in [1.54, 1.807) is 20.9 Å². The van der Waals surface area contributed by atoms with Crippen molar-refractivity contribution in [2.75, 3.05) is 20.1 Å². The van der Waals surface area contributed by atoms with Gasteiger partial charge in [0.15, 0.2) is 0 Å². The van der Waals surface area contributed by atoms with Crippen molar-refractivity contribution < 1.29 is 9.90 Å². The second-order valence-electron chi connectivity index (χ2n) is 3.09. The van der Waals surface area contributed by atoms with Gasteiger partial charge in [-0.2, -0.15) is 0 Å². The Labute approximate surface area is 67.0 Å². The molecule has 0 saturated heterocycles. The Morgan fingerprint density at radius 1 is 1.55 bits per heavy atom. The Bertz CT molecular complexity index is 129. The Morgan fingerprint density at radius 2 is 2.09 bits per heavy atom. The van der Waals surface area contributed by atoms with Crippen LogP contribution in [-0.4, -0.2) is 36.8 Å². The minimum Gasteiger partial charge on any atom is -0.389 e. The molecule has 0 atom stereocenters. The van der Waals surface area contributed by atoms with Crippen molar-refractivity contribution in [2.24, 2.45) is 0 Å². The van der Waals surface area contributed by atoms with E-state index in [1.807, 2.05) is 0 Å². The molecule has 0 aromatic rings. The van der Waals surface area contributed by atoms with Gasteiger partial charge >= 0.3 is 0 Å². The SMILES string of the molecule is CNC(=O)CNCC(C)(C)O. The third-order valence-corrected chi connectivity index (χ3v) is 1.12. The van der Waals surface area contributed by atoms with E-state index in [1.165, 1.54) is 0 Å². The van der Waals surface area contributed by atoms with E-state index in [9.17, 15) is 9.90 Å². The molecule has 66 valence electrons. The van der Waals surface area contributed by atoms with Crippen LogP contribution in [0.1, 0.15) is 13.8 Å². The number of aliphatic hydroxyl groups is 1. The molecule has 0 bridgehead atoms. The Hall–Kier alpha value is -0.610. The molecule has 0 aliphatic heterocycles. The normalized spacial score (nSPS) is 11.3. The third kappa shape index (κ3) is 7.29. The predicted octanol–water partition coefficient (Wildman–Crippen LogP) is -0.907. The first kappa shape index (κ1) is 10.4. The Morgan fingerprint density at radius 3 is 2.45 bits per heavy atom. The summed E-state index contributed by atoms with van der Waals surface area (Å²) in [5.41, 5.74) is -0.756. The number of carbonyl (C=O) groups is 1. The van der Waals surface area contributed by atoms with E-state index < -0.39 is 5.60 Å². The number of amides is 1. The van der Waals surface area contributed by atoms with Gasteiger partial charge in [0.05, 0.1) is 12.1 Å². The first-order chi connectivity index (χ1) is 4.95. The molecular formula is C7H16N2O2. The van der Waals surface area contributed by atoms with E-state index in [0.717, 1.165) is 0 Å². The number of rotatable bonds is 4. The molecule has 1 amide bonds. The van der Waals surface area contributed by atoms with Gasteiger partial charge < -0.3 is 15.7 Å². The Kier molecular flexibility index (Phi) is 4.07. The molecular weight excluding hydrogens is 144 g/mol. The molecule has 3 N–H and O–H groups in total. The fourth-order valence-electron chi connectivity index (χ4n) is 0.570. The summed E-state index contributed by atoms with van der Waals surface area (Å²) >= 11 is 0. The lowest BCUT2D eigenvalue weighted by Crippen LogP contribution is -2.39. The number of nitrogens with one attached hydrogen (secondary N) is 2.